The van der Waals surface area contributed by atoms with Crippen LogP contribution in [0.15, 0.2) is 42.5 Å². The summed E-state index contributed by atoms with van der Waals surface area (Å²) in [5, 5.41) is 0. The second-order valence-electron chi connectivity index (χ2n) is 7.59. The predicted octanol–water partition coefficient (Wildman–Crippen LogP) is 3.38. The molecule has 0 saturated carbocycles. The molecule has 6 nitrogen and oxygen atoms in total. The average molecular weight is 415 g/mol. The molecule has 2 aliphatic rings. The van der Waals surface area contributed by atoms with Crippen LogP contribution in [-0.2, 0) is 16.4 Å². The fourth-order valence-corrected chi connectivity index (χ4v) is 5.28. The standard InChI is InChI=1S/C22H26N2O4S/c1-3-28-19-9-6-16(7-10-19)20-5-4-13-23(20)22(25)18-8-11-21-17(15-18)12-14-24(21)29(2,26)27/h6-11,15,20H,3-5,12-14H2,1-2H3. The van der Waals surface area contributed by atoms with Gasteiger partial charge in [-0.05, 0) is 67.6 Å². The maximum absolute atomic E-state index is 13.2. The van der Waals surface area contributed by atoms with Crippen LogP contribution < -0.4 is 9.04 Å². The Balaban J connectivity index is 1.56. The molecule has 0 spiro atoms. The monoisotopic (exact) mass is 414 g/mol. The highest BCUT2D eigenvalue weighted by molar-refractivity contribution is 7.92. The third-order valence-corrected chi connectivity index (χ3v) is 6.85. The summed E-state index contributed by atoms with van der Waals surface area (Å²) in [6, 6.07) is 13.4. The molecule has 2 aromatic carbocycles. The minimum Gasteiger partial charge on any atom is -0.494 e. The van der Waals surface area contributed by atoms with Crippen LogP contribution in [0.25, 0.3) is 0 Å². The van der Waals surface area contributed by atoms with Crippen molar-refractivity contribution >= 4 is 21.6 Å². The molecule has 154 valence electrons. The van der Waals surface area contributed by atoms with Crippen molar-refractivity contribution in [2.45, 2.75) is 32.2 Å². The number of amides is 1. The molecule has 29 heavy (non-hydrogen) atoms. The third kappa shape index (κ3) is 3.83. The molecular weight excluding hydrogens is 388 g/mol. The fraction of sp³-hybridized carbons (Fsp3) is 0.409. The Morgan fingerprint density at radius 3 is 2.59 bits per heavy atom. The second-order valence-corrected chi connectivity index (χ2v) is 9.49. The molecule has 0 aliphatic carbocycles. The molecule has 0 aromatic heterocycles. The van der Waals surface area contributed by atoms with Crippen LogP contribution in [0.1, 0.15) is 47.3 Å². The van der Waals surface area contributed by atoms with Crippen LogP contribution in [0.3, 0.4) is 0 Å². The molecule has 2 aliphatic heterocycles. The zero-order valence-corrected chi connectivity index (χ0v) is 17.6. The first-order chi connectivity index (χ1) is 13.9. The predicted molar refractivity (Wildman–Crippen MR) is 113 cm³/mol. The van der Waals surface area contributed by atoms with Gasteiger partial charge in [-0.2, -0.15) is 0 Å². The van der Waals surface area contributed by atoms with Gasteiger partial charge in [0.05, 0.1) is 24.6 Å². The number of anilines is 1. The molecule has 0 N–H and O–H groups in total. The van der Waals surface area contributed by atoms with Gasteiger partial charge in [-0.3, -0.25) is 9.10 Å². The second kappa shape index (κ2) is 7.71. The van der Waals surface area contributed by atoms with E-state index in [1.54, 1.807) is 12.1 Å². The zero-order valence-electron chi connectivity index (χ0n) is 16.8. The summed E-state index contributed by atoms with van der Waals surface area (Å²) < 4.78 is 30.8. The molecule has 0 bridgehead atoms. The topological polar surface area (TPSA) is 66.9 Å². The first-order valence-corrected chi connectivity index (χ1v) is 11.9. The number of carbonyl (C=O) groups is 1. The van der Waals surface area contributed by atoms with Crippen LogP contribution in [-0.4, -0.2) is 45.2 Å². The SMILES string of the molecule is CCOc1ccc(C2CCCN2C(=O)c2ccc3c(c2)CCN3S(C)(=O)=O)cc1. The Hall–Kier alpha value is -2.54. The molecule has 7 heteroatoms. The number of hydrogen-bond acceptors (Lipinski definition) is 4. The van der Waals surface area contributed by atoms with E-state index in [9.17, 15) is 13.2 Å². The Morgan fingerprint density at radius 2 is 1.90 bits per heavy atom. The van der Waals surface area contributed by atoms with Crippen molar-refractivity contribution in [3.63, 3.8) is 0 Å². The van der Waals surface area contributed by atoms with Gasteiger partial charge < -0.3 is 9.64 Å². The van der Waals surface area contributed by atoms with Gasteiger partial charge in [0.1, 0.15) is 5.75 Å². The summed E-state index contributed by atoms with van der Waals surface area (Å²) in [6.45, 7) is 3.74. The zero-order chi connectivity index (χ0) is 20.6. The van der Waals surface area contributed by atoms with Crippen LogP contribution in [0, 0.1) is 0 Å². The lowest BCUT2D eigenvalue weighted by Crippen LogP contribution is -2.30. The minimum atomic E-state index is -3.29. The lowest BCUT2D eigenvalue weighted by molar-refractivity contribution is 0.0735. The van der Waals surface area contributed by atoms with E-state index in [0.29, 0.717) is 30.8 Å². The number of sulfonamides is 1. The normalized spacial score (nSPS) is 18.8. The number of hydrogen-bond donors (Lipinski definition) is 0. The summed E-state index contributed by atoms with van der Waals surface area (Å²) in [7, 11) is -3.29. The Kier molecular flexibility index (Phi) is 5.25. The Labute approximate surface area is 172 Å². The Bertz CT molecular complexity index is 1020. The number of nitrogens with zero attached hydrogens (tertiary/aromatic N) is 2. The van der Waals surface area contributed by atoms with Gasteiger partial charge in [-0.25, -0.2) is 8.42 Å². The number of carbonyl (C=O) groups excluding carboxylic acids is 1. The van der Waals surface area contributed by atoms with Crippen LogP contribution in [0.4, 0.5) is 5.69 Å². The molecule has 1 fully saturated rings. The van der Waals surface area contributed by atoms with Gasteiger partial charge in [-0.15, -0.1) is 0 Å². The number of rotatable bonds is 5. The largest absolute Gasteiger partial charge is 0.494 e. The van der Waals surface area contributed by atoms with Gasteiger partial charge in [-0.1, -0.05) is 12.1 Å². The fourth-order valence-electron chi connectivity index (χ4n) is 4.32. The first-order valence-electron chi connectivity index (χ1n) is 10.0. The molecule has 2 aromatic rings. The molecule has 1 saturated heterocycles. The van der Waals surface area contributed by atoms with Crippen molar-refractivity contribution < 1.29 is 17.9 Å². The van der Waals surface area contributed by atoms with E-state index in [-0.39, 0.29) is 11.9 Å². The maximum atomic E-state index is 13.2. The molecule has 2 heterocycles. The van der Waals surface area contributed by atoms with Crippen LogP contribution in [0.5, 0.6) is 5.75 Å². The maximum Gasteiger partial charge on any atom is 0.254 e. The van der Waals surface area contributed by atoms with Gasteiger partial charge in [0.25, 0.3) is 5.91 Å². The smallest absolute Gasteiger partial charge is 0.254 e. The summed E-state index contributed by atoms with van der Waals surface area (Å²) in [5.74, 6) is 0.836. The average Bonchev–Trinajstić information content (AvgIpc) is 3.34. The first kappa shape index (κ1) is 19.8. The van der Waals surface area contributed by atoms with Crippen molar-refractivity contribution in [3.05, 3.63) is 59.2 Å². The van der Waals surface area contributed by atoms with Gasteiger partial charge in [0.2, 0.25) is 10.0 Å². The number of benzene rings is 2. The van der Waals surface area contributed by atoms with Crippen molar-refractivity contribution in [3.8, 4) is 5.75 Å². The molecule has 4 rings (SSSR count). The third-order valence-electron chi connectivity index (χ3n) is 5.67. The van der Waals surface area contributed by atoms with E-state index >= 15 is 0 Å². The van der Waals surface area contributed by atoms with Crippen molar-refractivity contribution in [2.24, 2.45) is 0 Å². The van der Waals surface area contributed by atoms with Crippen molar-refractivity contribution in [1.29, 1.82) is 0 Å². The summed E-state index contributed by atoms with van der Waals surface area (Å²) in [5.41, 5.74) is 3.34. The number of likely N-dealkylation sites (tertiary alicyclic amines) is 1. The molecule has 1 unspecified atom stereocenters. The highest BCUT2D eigenvalue weighted by Crippen LogP contribution is 2.36. The molecule has 0 radical (unpaired) electrons. The van der Waals surface area contributed by atoms with E-state index in [2.05, 4.69) is 0 Å². The van der Waals surface area contributed by atoms with E-state index in [4.69, 9.17) is 4.74 Å². The van der Waals surface area contributed by atoms with E-state index in [0.717, 1.165) is 36.3 Å². The van der Waals surface area contributed by atoms with E-state index in [1.165, 1.54) is 10.6 Å². The highest BCUT2D eigenvalue weighted by Gasteiger charge is 2.32. The van der Waals surface area contributed by atoms with Gasteiger partial charge in [0.15, 0.2) is 0 Å². The minimum absolute atomic E-state index is 0.00184. The summed E-state index contributed by atoms with van der Waals surface area (Å²) in [4.78, 5) is 15.2. The molecule has 1 atom stereocenters. The summed E-state index contributed by atoms with van der Waals surface area (Å²) >= 11 is 0. The molecule has 1 amide bonds. The lowest BCUT2D eigenvalue weighted by atomic mass is 10.0. The van der Waals surface area contributed by atoms with Gasteiger partial charge in [0, 0.05) is 18.7 Å². The van der Waals surface area contributed by atoms with Gasteiger partial charge >= 0.3 is 0 Å². The summed E-state index contributed by atoms with van der Waals surface area (Å²) in [6.07, 6.45) is 3.75. The number of fused-ring (bicyclic) bond motifs is 1. The number of ether oxygens (including phenoxy) is 1. The van der Waals surface area contributed by atoms with Crippen molar-refractivity contribution in [2.75, 3.05) is 30.3 Å². The quantitative estimate of drug-likeness (QED) is 0.752. The van der Waals surface area contributed by atoms with Crippen molar-refractivity contribution in [1.82, 2.24) is 4.90 Å². The van der Waals surface area contributed by atoms with E-state index < -0.39 is 10.0 Å². The van der Waals surface area contributed by atoms with E-state index in [1.807, 2.05) is 42.2 Å². The van der Waals surface area contributed by atoms with Crippen LogP contribution in [0.2, 0.25) is 0 Å². The lowest BCUT2D eigenvalue weighted by Gasteiger charge is -2.26. The molecular formula is C22H26N2O4S. The Morgan fingerprint density at radius 1 is 1.14 bits per heavy atom. The van der Waals surface area contributed by atoms with Crippen LogP contribution >= 0.6 is 0 Å². The highest BCUT2D eigenvalue weighted by atomic mass is 32.2.